The SMILES string of the molecule is COC(=O)CC#Cc1ccc2c(=O)[nH]ncc2c1. The van der Waals surface area contributed by atoms with Gasteiger partial charge in [-0.05, 0) is 18.2 Å². The van der Waals surface area contributed by atoms with Crippen LogP contribution in [0.4, 0.5) is 0 Å². The second-order valence-corrected chi connectivity index (χ2v) is 3.56. The molecule has 0 saturated heterocycles. The molecular formula is C13H10N2O3. The molecule has 0 amide bonds. The summed E-state index contributed by atoms with van der Waals surface area (Å²) in [4.78, 5) is 22.3. The molecule has 5 nitrogen and oxygen atoms in total. The largest absolute Gasteiger partial charge is 0.468 e. The third kappa shape index (κ3) is 2.55. The zero-order chi connectivity index (χ0) is 13.0. The first kappa shape index (κ1) is 11.9. The number of aromatic amines is 1. The van der Waals surface area contributed by atoms with Gasteiger partial charge in [0.25, 0.3) is 5.56 Å². The van der Waals surface area contributed by atoms with Crippen LogP contribution in [-0.4, -0.2) is 23.3 Å². The molecular weight excluding hydrogens is 232 g/mol. The monoisotopic (exact) mass is 242 g/mol. The minimum atomic E-state index is -0.374. The van der Waals surface area contributed by atoms with Crippen molar-refractivity contribution in [1.29, 1.82) is 0 Å². The van der Waals surface area contributed by atoms with Gasteiger partial charge in [0.1, 0.15) is 6.42 Å². The van der Waals surface area contributed by atoms with Crippen LogP contribution in [0.2, 0.25) is 0 Å². The van der Waals surface area contributed by atoms with Crippen molar-refractivity contribution in [3.8, 4) is 11.8 Å². The number of nitrogens with one attached hydrogen (secondary N) is 1. The van der Waals surface area contributed by atoms with Crippen LogP contribution in [0.1, 0.15) is 12.0 Å². The van der Waals surface area contributed by atoms with Crippen molar-refractivity contribution < 1.29 is 9.53 Å². The average Bonchev–Trinajstić information content (AvgIpc) is 2.38. The Bertz CT molecular complexity index is 707. The molecule has 0 atom stereocenters. The molecule has 0 saturated carbocycles. The number of fused-ring (bicyclic) bond motifs is 1. The summed E-state index contributed by atoms with van der Waals surface area (Å²) in [5.74, 6) is 5.16. The molecule has 0 unspecified atom stereocenters. The zero-order valence-electron chi connectivity index (χ0n) is 9.69. The summed E-state index contributed by atoms with van der Waals surface area (Å²) >= 11 is 0. The van der Waals surface area contributed by atoms with Crippen LogP contribution < -0.4 is 5.56 Å². The van der Waals surface area contributed by atoms with Crippen molar-refractivity contribution in [3.05, 3.63) is 40.3 Å². The number of benzene rings is 1. The molecule has 0 radical (unpaired) electrons. The third-order valence-electron chi connectivity index (χ3n) is 2.36. The van der Waals surface area contributed by atoms with Crippen molar-refractivity contribution in [2.75, 3.05) is 7.11 Å². The van der Waals surface area contributed by atoms with Gasteiger partial charge in [-0.2, -0.15) is 5.10 Å². The number of aromatic nitrogens is 2. The van der Waals surface area contributed by atoms with Gasteiger partial charge < -0.3 is 4.74 Å². The van der Waals surface area contributed by atoms with Crippen molar-refractivity contribution in [1.82, 2.24) is 10.2 Å². The lowest BCUT2D eigenvalue weighted by Crippen LogP contribution is -2.07. The van der Waals surface area contributed by atoms with Gasteiger partial charge >= 0.3 is 5.97 Å². The van der Waals surface area contributed by atoms with Gasteiger partial charge in [0, 0.05) is 10.9 Å². The Labute approximate surface area is 103 Å². The van der Waals surface area contributed by atoms with E-state index in [-0.39, 0.29) is 17.9 Å². The van der Waals surface area contributed by atoms with E-state index < -0.39 is 0 Å². The third-order valence-corrected chi connectivity index (χ3v) is 2.36. The van der Waals surface area contributed by atoms with E-state index in [4.69, 9.17) is 0 Å². The highest BCUT2D eigenvalue weighted by Crippen LogP contribution is 2.09. The van der Waals surface area contributed by atoms with Gasteiger partial charge in [0.2, 0.25) is 0 Å². The van der Waals surface area contributed by atoms with E-state index >= 15 is 0 Å². The topological polar surface area (TPSA) is 72.1 Å². The maximum atomic E-state index is 11.4. The molecule has 0 bridgehead atoms. The van der Waals surface area contributed by atoms with E-state index in [0.717, 1.165) is 5.56 Å². The van der Waals surface area contributed by atoms with E-state index in [1.165, 1.54) is 7.11 Å². The molecule has 5 heteroatoms. The molecule has 18 heavy (non-hydrogen) atoms. The number of methoxy groups -OCH3 is 1. The lowest BCUT2D eigenvalue weighted by atomic mass is 10.1. The average molecular weight is 242 g/mol. The first-order chi connectivity index (χ1) is 8.70. The molecule has 1 aromatic carbocycles. The number of rotatable bonds is 1. The van der Waals surface area contributed by atoms with Crippen LogP contribution in [0.5, 0.6) is 0 Å². The molecule has 1 heterocycles. The number of hydrogen-bond donors (Lipinski definition) is 1. The second kappa shape index (κ2) is 5.15. The Morgan fingerprint density at radius 2 is 2.33 bits per heavy atom. The quantitative estimate of drug-likeness (QED) is 0.594. The molecule has 2 aromatic rings. The second-order valence-electron chi connectivity index (χ2n) is 3.56. The number of esters is 1. The number of H-pyrrole nitrogens is 1. The van der Waals surface area contributed by atoms with E-state index in [2.05, 4.69) is 26.8 Å². The van der Waals surface area contributed by atoms with Crippen LogP contribution in [0.15, 0.2) is 29.2 Å². The summed E-state index contributed by atoms with van der Waals surface area (Å²) in [6.07, 6.45) is 1.60. The zero-order valence-corrected chi connectivity index (χ0v) is 9.69. The first-order valence-electron chi connectivity index (χ1n) is 5.24. The fourth-order valence-electron chi connectivity index (χ4n) is 1.47. The molecule has 0 aliphatic heterocycles. The fourth-order valence-corrected chi connectivity index (χ4v) is 1.47. The lowest BCUT2D eigenvalue weighted by molar-refractivity contribution is -0.139. The van der Waals surface area contributed by atoms with Crippen LogP contribution in [0.25, 0.3) is 10.8 Å². The standard InChI is InChI=1S/C13H10N2O3/c1-18-12(16)4-2-3-9-5-6-11-10(7-9)8-14-15-13(11)17/h5-8H,4H2,1H3,(H,15,17). The first-order valence-corrected chi connectivity index (χ1v) is 5.24. The normalized spacial score (nSPS) is 9.61. The molecule has 0 spiro atoms. The van der Waals surface area contributed by atoms with Gasteiger partial charge in [-0.1, -0.05) is 11.8 Å². The van der Waals surface area contributed by atoms with Crippen LogP contribution in [0.3, 0.4) is 0 Å². The molecule has 0 fully saturated rings. The van der Waals surface area contributed by atoms with Crippen LogP contribution in [-0.2, 0) is 9.53 Å². The summed E-state index contributed by atoms with van der Waals surface area (Å²) in [6.45, 7) is 0. The number of nitrogens with zero attached hydrogens (tertiary/aromatic N) is 1. The van der Waals surface area contributed by atoms with Gasteiger partial charge in [-0.15, -0.1) is 0 Å². The highest BCUT2D eigenvalue weighted by molar-refractivity contribution is 5.82. The van der Waals surface area contributed by atoms with Gasteiger partial charge in [0.15, 0.2) is 0 Å². The molecule has 1 aromatic heterocycles. The Morgan fingerprint density at radius 3 is 3.11 bits per heavy atom. The predicted molar refractivity (Wildman–Crippen MR) is 65.9 cm³/mol. The van der Waals surface area contributed by atoms with Crippen molar-refractivity contribution in [3.63, 3.8) is 0 Å². The molecule has 1 N–H and O–H groups in total. The summed E-state index contributed by atoms with van der Waals surface area (Å²) in [5.41, 5.74) is 0.486. The van der Waals surface area contributed by atoms with E-state index in [9.17, 15) is 9.59 Å². The van der Waals surface area contributed by atoms with Crippen LogP contribution in [0, 0.1) is 11.8 Å². The Kier molecular flexibility index (Phi) is 3.39. The molecule has 0 aliphatic carbocycles. The van der Waals surface area contributed by atoms with Gasteiger partial charge in [0.05, 0.1) is 18.7 Å². The summed E-state index contributed by atoms with van der Waals surface area (Å²) in [5, 5.41) is 7.34. The van der Waals surface area contributed by atoms with E-state index in [1.807, 2.05) is 0 Å². The minimum absolute atomic E-state index is 0.0438. The van der Waals surface area contributed by atoms with Crippen molar-refractivity contribution >= 4 is 16.7 Å². The number of ether oxygens (including phenoxy) is 1. The van der Waals surface area contributed by atoms with Gasteiger partial charge in [-0.3, -0.25) is 9.59 Å². The van der Waals surface area contributed by atoms with E-state index in [1.54, 1.807) is 24.4 Å². The molecule has 2 rings (SSSR count). The van der Waals surface area contributed by atoms with Gasteiger partial charge in [-0.25, -0.2) is 5.10 Å². The molecule has 90 valence electrons. The Hall–Kier alpha value is -2.61. The summed E-state index contributed by atoms with van der Waals surface area (Å²) in [7, 11) is 1.32. The smallest absolute Gasteiger partial charge is 0.317 e. The predicted octanol–water partition coefficient (Wildman–Crippen LogP) is 0.838. The highest BCUT2D eigenvalue weighted by Gasteiger charge is 1.99. The summed E-state index contributed by atoms with van der Waals surface area (Å²) in [6, 6.07) is 5.15. The fraction of sp³-hybridized carbons (Fsp3) is 0.154. The van der Waals surface area contributed by atoms with Crippen molar-refractivity contribution in [2.24, 2.45) is 0 Å². The number of carbonyl (C=O) groups excluding carboxylic acids is 1. The van der Waals surface area contributed by atoms with Crippen LogP contribution >= 0.6 is 0 Å². The van der Waals surface area contributed by atoms with Crippen molar-refractivity contribution in [2.45, 2.75) is 6.42 Å². The number of carbonyl (C=O) groups is 1. The highest BCUT2D eigenvalue weighted by atomic mass is 16.5. The lowest BCUT2D eigenvalue weighted by Gasteiger charge is -1.96. The molecule has 0 aliphatic rings. The maximum absolute atomic E-state index is 11.4. The Morgan fingerprint density at radius 1 is 1.50 bits per heavy atom. The minimum Gasteiger partial charge on any atom is -0.468 e. The van der Waals surface area contributed by atoms with E-state index in [0.29, 0.717) is 10.8 Å². The number of hydrogen-bond acceptors (Lipinski definition) is 4. The summed E-state index contributed by atoms with van der Waals surface area (Å²) < 4.78 is 4.48. The maximum Gasteiger partial charge on any atom is 0.317 e. The Balaban J connectivity index is 2.31.